The van der Waals surface area contributed by atoms with Gasteiger partial charge in [0.05, 0.1) is 0 Å². The highest BCUT2D eigenvalue weighted by Crippen LogP contribution is 2.29. The minimum Gasteiger partial charge on any atom is -0.335 e. The van der Waals surface area contributed by atoms with E-state index in [1.807, 2.05) is 41.3 Å². The molecule has 4 heteroatoms. The van der Waals surface area contributed by atoms with Crippen LogP contribution in [0.15, 0.2) is 48.8 Å². The Morgan fingerprint density at radius 1 is 1.09 bits per heavy atom. The Morgan fingerprint density at radius 2 is 1.77 bits per heavy atom. The summed E-state index contributed by atoms with van der Waals surface area (Å²) in [5.41, 5.74) is 2.29. The molecule has 0 radical (unpaired) electrons. The lowest BCUT2D eigenvalue weighted by atomic mass is 10.1. The number of halogens is 1. The van der Waals surface area contributed by atoms with Crippen LogP contribution in [0.1, 0.15) is 30.4 Å². The number of hydrogen-bond acceptors (Lipinski definition) is 2. The molecule has 114 valence electrons. The van der Waals surface area contributed by atoms with E-state index in [0.717, 1.165) is 35.4 Å². The van der Waals surface area contributed by atoms with Gasteiger partial charge < -0.3 is 4.90 Å². The molecule has 1 aliphatic carbocycles. The Bertz CT molecular complexity index is 623. The summed E-state index contributed by atoms with van der Waals surface area (Å²) in [7, 11) is 0. The molecule has 1 aromatic carbocycles. The van der Waals surface area contributed by atoms with Crippen LogP contribution >= 0.6 is 11.6 Å². The molecule has 0 N–H and O–H groups in total. The normalized spacial score (nSPS) is 13.9. The molecule has 1 aliphatic rings. The summed E-state index contributed by atoms with van der Waals surface area (Å²) >= 11 is 5.88. The van der Waals surface area contributed by atoms with Crippen LogP contribution in [-0.4, -0.2) is 21.8 Å². The molecular weight excluding hydrogens is 296 g/mol. The number of aryl methyl sites for hydroxylation is 1. The second-order valence-corrected chi connectivity index (χ2v) is 6.17. The van der Waals surface area contributed by atoms with E-state index in [0.29, 0.717) is 19.0 Å². The molecule has 1 aromatic heterocycles. The van der Waals surface area contributed by atoms with Crippen molar-refractivity contribution in [1.29, 1.82) is 0 Å². The maximum Gasteiger partial charge on any atom is 0.223 e. The first-order valence-corrected chi connectivity index (χ1v) is 8.03. The van der Waals surface area contributed by atoms with Gasteiger partial charge in [0.15, 0.2) is 0 Å². The van der Waals surface area contributed by atoms with Crippen molar-refractivity contribution in [3.8, 4) is 0 Å². The number of nitrogens with zero attached hydrogens (tertiary/aromatic N) is 2. The van der Waals surface area contributed by atoms with Gasteiger partial charge in [0.1, 0.15) is 0 Å². The maximum absolute atomic E-state index is 12.6. The number of amides is 1. The monoisotopic (exact) mass is 314 g/mol. The number of pyridine rings is 1. The van der Waals surface area contributed by atoms with E-state index in [1.54, 1.807) is 12.4 Å². The van der Waals surface area contributed by atoms with Gasteiger partial charge in [-0.2, -0.15) is 0 Å². The molecule has 0 spiro atoms. The van der Waals surface area contributed by atoms with E-state index < -0.39 is 0 Å². The molecule has 0 unspecified atom stereocenters. The van der Waals surface area contributed by atoms with Crippen molar-refractivity contribution in [2.45, 2.75) is 38.3 Å². The van der Waals surface area contributed by atoms with Crippen LogP contribution < -0.4 is 0 Å². The largest absolute Gasteiger partial charge is 0.335 e. The molecule has 3 rings (SSSR count). The van der Waals surface area contributed by atoms with Crippen molar-refractivity contribution in [3.05, 3.63) is 64.9 Å². The Labute approximate surface area is 135 Å². The van der Waals surface area contributed by atoms with Crippen LogP contribution in [0.4, 0.5) is 0 Å². The smallest absolute Gasteiger partial charge is 0.223 e. The maximum atomic E-state index is 12.6. The highest BCUT2D eigenvalue weighted by atomic mass is 35.5. The number of carbonyl (C=O) groups excluding carboxylic acids is 1. The van der Waals surface area contributed by atoms with Crippen molar-refractivity contribution < 1.29 is 4.79 Å². The fourth-order valence-corrected chi connectivity index (χ4v) is 2.66. The summed E-state index contributed by atoms with van der Waals surface area (Å²) in [6, 6.07) is 12.1. The highest BCUT2D eigenvalue weighted by Gasteiger charge is 2.32. The first-order valence-electron chi connectivity index (χ1n) is 7.65. The van der Waals surface area contributed by atoms with Gasteiger partial charge in [0.2, 0.25) is 5.91 Å². The van der Waals surface area contributed by atoms with Crippen LogP contribution in [-0.2, 0) is 17.8 Å². The topological polar surface area (TPSA) is 33.2 Å². The second-order valence-electron chi connectivity index (χ2n) is 5.73. The lowest BCUT2D eigenvalue weighted by Crippen LogP contribution is -2.32. The van der Waals surface area contributed by atoms with Gasteiger partial charge in [-0.15, -0.1) is 0 Å². The van der Waals surface area contributed by atoms with Gasteiger partial charge in [0.25, 0.3) is 0 Å². The fourth-order valence-electron chi connectivity index (χ4n) is 2.54. The fraction of sp³-hybridized carbons (Fsp3) is 0.333. The number of benzene rings is 1. The number of carbonyl (C=O) groups is 1. The lowest BCUT2D eigenvalue weighted by Gasteiger charge is -2.22. The van der Waals surface area contributed by atoms with Crippen molar-refractivity contribution in [2.24, 2.45) is 0 Å². The second kappa shape index (κ2) is 6.93. The standard InChI is InChI=1S/C18H19ClN2O/c19-16-4-1-14(2-5-16)3-8-18(22)21(17-6-7-17)13-15-9-11-20-12-10-15/h1-2,4-5,9-12,17H,3,6-8,13H2. The van der Waals surface area contributed by atoms with Gasteiger partial charge in [-0.25, -0.2) is 0 Å². The summed E-state index contributed by atoms with van der Waals surface area (Å²) in [4.78, 5) is 18.6. The quantitative estimate of drug-likeness (QED) is 0.811. The van der Waals surface area contributed by atoms with Crippen molar-refractivity contribution in [1.82, 2.24) is 9.88 Å². The summed E-state index contributed by atoms with van der Waals surface area (Å²) in [5, 5.41) is 0.729. The Morgan fingerprint density at radius 3 is 2.41 bits per heavy atom. The van der Waals surface area contributed by atoms with E-state index in [2.05, 4.69) is 4.98 Å². The number of rotatable bonds is 6. The number of aromatic nitrogens is 1. The minimum absolute atomic E-state index is 0.231. The van der Waals surface area contributed by atoms with Crippen LogP contribution in [0.2, 0.25) is 5.02 Å². The zero-order chi connectivity index (χ0) is 15.4. The molecular formula is C18H19ClN2O. The third-order valence-corrected chi connectivity index (χ3v) is 4.20. The zero-order valence-corrected chi connectivity index (χ0v) is 13.2. The summed E-state index contributed by atoms with van der Waals surface area (Å²) in [5.74, 6) is 0.231. The average molecular weight is 315 g/mol. The molecule has 1 amide bonds. The van der Waals surface area contributed by atoms with Crippen LogP contribution in [0.3, 0.4) is 0 Å². The zero-order valence-electron chi connectivity index (χ0n) is 12.4. The minimum atomic E-state index is 0.231. The van der Waals surface area contributed by atoms with Gasteiger partial charge in [-0.1, -0.05) is 23.7 Å². The van der Waals surface area contributed by atoms with Gasteiger partial charge in [-0.05, 0) is 54.7 Å². The van der Waals surface area contributed by atoms with Crippen molar-refractivity contribution in [3.63, 3.8) is 0 Å². The molecule has 1 saturated carbocycles. The van der Waals surface area contributed by atoms with Gasteiger partial charge in [-0.3, -0.25) is 9.78 Å². The van der Waals surface area contributed by atoms with Crippen LogP contribution in [0.25, 0.3) is 0 Å². The summed E-state index contributed by atoms with van der Waals surface area (Å²) in [6.45, 7) is 0.687. The third kappa shape index (κ3) is 4.08. The van der Waals surface area contributed by atoms with E-state index in [9.17, 15) is 4.79 Å². The van der Waals surface area contributed by atoms with E-state index in [4.69, 9.17) is 11.6 Å². The Hall–Kier alpha value is -1.87. The Balaban J connectivity index is 1.59. The summed E-state index contributed by atoms with van der Waals surface area (Å²) < 4.78 is 0. The van der Waals surface area contributed by atoms with E-state index in [-0.39, 0.29) is 5.91 Å². The molecule has 0 saturated heterocycles. The van der Waals surface area contributed by atoms with Crippen LogP contribution in [0.5, 0.6) is 0 Å². The number of hydrogen-bond donors (Lipinski definition) is 0. The van der Waals surface area contributed by atoms with Crippen LogP contribution in [0, 0.1) is 0 Å². The Kier molecular flexibility index (Phi) is 4.74. The SMILES string of the molecule is O=C(CCc1ccc(Cl)cc1)N(Cc1ccncc1)C1CC1. The molecule has 22 heavy (non-hydrogen) atoms. The van der Waals surface area contributed by atoms with Crippen molar-refractivity contribution >= 4 is 17.5 Å². The van der Waals surface area contributed by atoms with E-state index in [1.165, 1.54) is 0 Å². The van der Waals surface area contributed by atoms with Gasteiger partial charge in [0, 0.05) is 36.4 Å². The molecule has 0 atom stereocenters. The molecule has 0 bridgehead atoms. The lowest BCUT2D eigenvalue weighted by molar-refractivity contribution is -0.132. The average Bonchev–Trinajstić information content (AvgIpc) is 3.37. The van der Waals surface area contributed by atoms with Gasteiger partial charge >= 0.3 is 0 Å². The summed E-state index contributed by atoms with van der Waals surface area (Å²) in [6.07, 6.45) is 7.10. The molecule has 1 fully saturated rings. The molecule has 3 nitrogen and oxygen atoms in total. The highest BCUT2D eigenvalue weighted by molar-refractivity contribution is 6.30. The van der Waals surface area contributed by atoms with Crippen molar-refractivity contribution in [2.75, 3.05) is 0 Å². The molecule has 1 heterocycles. The molecule has 0 aliphatic heterocycles. The first kappa shape index (κ1) is 15.0. The first-order chi connectivity index (χ1) is 10.7. The molecule has 2 aromatic rings. The predicted octanol–water partition coefficient (Wildman–Crippen LogP) is 3.86. The van der Waals surface area contributed by atoms with E-state index >= 15 is 0 Å². The third-order valence-electron chi connectivity index (χ3n) is 3.95. The predicted molar refractivity (Wildman–Crippen MR) is 87.6 cm³/mol.